The van der Waals surface area contributed by atoms with Gasteiger partial charge in [0.2, 0.25) is 0 Å². The summed E-state index contributed by atoms with van der Waals surface area (Å²) >= 11 is 0. The fourth-order valence-electron chi connectivity index (χ4n) is 4.22. The van der Waals surface area contributed by atoms with Crippen LogP contribution >= 0.6 is 0 Å². The molecular weight excluding hydrogens is 420 g/mol. The van der Waals surface area contributed by atoms with E-state index in [1.54, 1.807) is 0 Å². The second kappa shape index (κ2) is 10.1. The van der Waals surface area contributed by atoms with E-state index in [1.807, 2.05) is 0 Å². The molecule has 0 spiro atoms. The molecule has 3 aliphatic rings. The first-order valence-corrected chi connectivity index (χ1v) is 10.3. The van der Waals surface area contributed by atoms with Crippen LogP contribution in [0.15, 0.2) is 0 Å². The molecule has 0 amide bonds. The lowest BCUT2D eigenvalue weighted by Gasteiger charge is -2.46. The molecule has 2 saturated heterocycles. The highest BCUT2D eigenvalue weighted by atomic mass is 16.7. The van der Waals surface area contributed by atoms with E-state index in [9.17, 15) is 30.6 Å². The minimum atomic E-state index is -1.44. The second-order valence-corrected chi connectivity index (χ2v) is 8.40. The van der Waals surface area contributed by atoms with Crippen LogP contribution in [0, 0.1) is 0 Å². The van der Waals surface area contributed by atoms with E-state index in [2.05, 4.69) is 5.73 Å². The summed E-state index contributed by atoms with van der Waals surface area (Å²) in [6.07, 6.45) is -13.3. The summed E-state index contributed by atoms with van der Waals surface area (Å²) in [5, 5.41) is 60.5. The van der Waals surface area contributed by atoms with E-state index >= 15 is 0 Å². The Labute approximate surface area is 178 Å². The van der Waals surface area contributed by atoms with Crippen LogP contribution in [0.5, 0.6) is 0 Å². The molecule has 0 bridgehead atoms. The first kappa shape index (κ1) is 25.1. The third-order valence-corrected chi connectivity index (χ3v) is 6.20. The predicted octanol–water partition coefficient (Wildman–Crippen LogP) is -7.37. The molecule has 1 aliphatic carbocycles. The highest BCUT2D eigenvalue weighted by Gasteiger charge is 2.52. The topological polar surface area (TPSA) is 264 Å². The fourth-order valence-corrected chi connectivity index (χ4v) is 4.22. The molecule has 2 aliphatic heterocycles. The van der Waals surface area contributed by atoms with Crippen LogP contribution in [0.25, 0.3) is 0 Å². The maximum Gasteiger partial charge on any atom is 0.187 e. The lowest BCUT2D eigenvalue weighted by Crippen LogP contribution is -2.76. The van der Waals surface area contributed by atoms with Gasteiger partial charge in [-0.1, -0.05) is 0 Å². The number of hydrogen-bond donors (Lipinski definition) is 10. The van der Waals surface area contributed by atoms with E-state index in [0.29, 0.717) is 0 Å². The van der Waals surface area contributed by atoms with Gasteiger partial charge in [-0.2, -0.15) is 0 Å². The number of hydrogen-bond acceptors (Lipinski definition) is 13. The van der Waals surface area contributed by atoms with Crippen molar-refractivity contribution in [3.8, 4) is 0 Å². The Morgan fingerprint density at radius 3 is 1.97 bits per heavy atom. The molecule has 0 aromatic heterocycles. The van der Waals surface area contributed by atoms with Crippen molar-refractivity contribution in [2.45, 2.75) is 92.1 Å². The molecule has 14 nitrogen and oxygen atoms in total. The third-order valence-electron chi connectivity index (χ3n) is 6.20. The van der Waals surface area contributed by atoms with Crippen LogP contribution in [-0.4, -0.2) is 129 Å². The van der Waals surface area contributed by atoms with Crippen LogP contribution in [-0.2, 0) is 18.9 Å². The Kier molecular flexibility index (Phi) is 8.21. The standard InChI is InChI=1S/C17H34N4O10/c18-2-6-10(24)13(27)17(28-6)31-15-9(23)4(19)1-5(20)14(15)30-16-8(21)12(26)11(25)7(3-22)29-16/h4-17,22-27H,1-3,18-21H2/p+1. The van der Waals surface area contributed by atoms with Crippen LogP contribution in [0.3, 0.4) is 0 Å². The summed E-state index contributed by atoms with van der Waals surface area (Å²) in [4.78, 5) is 0. The van der Waals surface area contributed by atoms with Crippen molar-refractivity contribution in [2.24, 2.45) is 17.2 Å². The van der Waals surface area contributed by atoms with Gasteiger partial charge in [0.05, 0.1) is 12.6 Å². The van der Waals surface area contributed by atoms with Crippen molar-refractivity contribution in [1.29, 1.82) is 0 Å². The number of nitrogens with two attached hydrogens (primary N) is 3. The van der Waals surface area contributed by atoms with Crippen LogP contribution in [0.1, 0.15) is 6.42 Å². The van der Waals surface area contributed by atoms with E-state index in [1.165, 1.54) is 0 Å². The zero-order valence-electron chi connectivity index (χ0n) is 17.0. The molecule has 0 radical (unpaired) electrons. The van der Waals surface area contributed by atoms with Crippen molar-refractivity contribution in [2.75, 3.05) is 13.2 Å². The van der Waals surface area contributed by atoms with Gasteiger partial charge >= 0.3 is 0 Å². The van der Waals surface area contributed by atoms with Crippen LogP contribution in [0.4, 0.5) is 0 Å². The molecule has 3 fully saturated rings. The molecule has 3 rings (SSSR count). The summed E-state index contributed by atoms with van der Waals surface area (Å²) < 4.78 is 22.6. The molecule has 0 aromatic carbocycles. The van der Waals surface area contributed by atoms with Crippen LogP contribution in [0.2, 0.25) is 0 Å². The smallest absolute Gasteiger partial charge is 0.187 e. The number of aliphatic hydroxyl groups is 6. The van der Waals surface area contributed by atoms with Gasteiger partial charge in [-0.3, -0.25) is 0 Å². The molecule has 1 saturated carbocycles. The summed E-state index contributed by atoms with van der Waals surface area (Å²) in [7, 11) is 0. The molecule has 31 heavy (non-hydrogen) atoms. The van der Waals surface area contributed by atoms with Gasteiger partial charge in [-0.25, -0.2) is 0 Å². The van der Waals surface area contributed by atoms with E-state index in [4.69, 9.17) is 36.1 Å². The molecule has 182 valence electrons. The minimum Gasteiger partial charge on any atom is -0.394 e. The monoisotopic (exact) mass is 455 g/mol. The fraction of sp³-hybridized carbons (Fsp3) is 1.00. The second-order valence-electron chi connectivity index (χ2n) is 8.40. The maximum absolute atomic E-state index is 10.7. The number of rotatable bonds is 6. The van der Waals surface area contributed by atoms with Crippen LogP contribution < -0.4 is 22.9 Å². The highest BCUT2D eigenvalue weighted by Crippen LogP contribution is 2.31. The van der Waals surface area contributed by atoms with Crippen molar-refractivity contribution >= 4 is 0 Å². The van der Waals surface area contributed by atoms with Crippen molar-refractivity contribution < 1.29 is 55.3 Å². The Morgan fingerprint density at radius 1 is 0.806 bits per heavy atom. The first-order chi connectivity index (χ1) is 14.6. The van der Waals surface area contributed by atoms with Gasteiger partial charge in [0.25, 0.3) is 0 Å². The molecular formula is C17H35N4O10+. The lowest BCUT2D eigenvalue weighted by atomic mass is 9.84. The Balaban J connectivity index is 1.78. The first-order valence-electron chi connectivity index (χ1n) is 10.3. The Bertz CT molecular complexity index is 591. The van der Waals surface area contributed by atoms with E-state index in [-0.39, 0.29) is 13.0 Å². The van der Waals surface area contributed by atoms with Gasteiger partial charge in [0, 0.05) is 19.0 Å². The SMILES string of the molecule is NCC1OC(OC2C(O)C([NH3+])CC(N)C2OC2OC(CO)C(O)C(O)C2N)C(O)C1O. The summed E-state index contributed by atoms with van der Waals surface area (Å²) in [5.74, 6) is 0. The highest BCUT2D eigenvalue weighted by molar-refractivity contribution is 5.00. The van der Waals surface area contributed by atoms with E-state index < -0.39 is 92.2 Å². The van der Waals surface area contributed by atoms with Crippen molar-refractivity contribution in [3.05, 3.63) is 0 Å². The van der Waals surface area contributed by atoms with Gasteiger partial charge in [0.1, 0.15) is 61.0 Å². The van der Waals surface area contributed by atoms with E-state index in [0.717, 1.165) is 0 Å². The number of aliphatic hydroxyl groups excluding tert-OH is 6. The third kappa shape index (κ3) is 4.87. The summed E-state index contributed by atoms with van der Waals surface area (Å²) in [5.41, 5.74) is 21.5. The molecule has 2 heterocycles. The average molecular weight is 455 g/mol. The average Bonchev–Trinajstić information content (AvgIpc) is 3.02. The molecule has 15 N–H and O–H groups in total. The minimum absolute atomic E-state index is 0.0593. The molecule has 14 heteroatoms. The molecule has 14 atom stereocenters. The Hall–Kier alpha value is -0.560. The molecule has 14 unspecified atom stereocenters. The number of ether oxygens (including phenoxy) is 4. The predicted molar refractivity (Wildman–Crippen MR) is 100 cm³/mol. The van der Waals surface area contributed by atoms with Gasteiger partial charge in [0.15, 0.2) is 12.6 Å². The molecule has 0 aromatic rings. The number of quaternary nitrogens is 1. The quantitative estimate of drug-likeness (QED) is 0.178. The van der Waals surface area contributed by atoms with Crippen molar-refractivity contribution in [1.82, 2.24) is 0 Å². The summed E-state index contributed by atoms with van der Waals surface area (Å²) in [6, 6.07) is -2.43. The summed E-state index contributed by atoms with van der Waals surface area (Å²) in [6.45, 7) is -0.651. The normalized spacial score (nSPS) is 53.6. The van der Waals surface area contributed by atoms with Crippen molar-refractivity contribution in [3.63, 3.8) is 0 Å². The van der Waals surface area contributed by atoms with Gasteiger partial charge < -0.3 is 72.5 Å². The zero-order valence-corrected chi connectivity index (χ0v) is 17.0. The zero-order chi connectivity index (χ0) is 23.0. The maximum atomic E-state index is 10.7. The van der Waals surface area contributed by atoms with Gasteiger partial charge in [-0.05, 0) is 0 Å². The lowest BCUT2D eigenvalue weighted by molar-refractivity contribution is -0.458. The largest absolute Gasteiger partial charge is 0.394 e. The Morgan fingerprint density at radius 2 is 1.39 bits per heavy atom. The van der Waals surface area contributed by atoms with Gasteiger partial charge in [-0.15, -0.1) is 0 Å².